The molecule has 0 spiro atoms. The Morgan fingerprint density at radius 2 is 1.83 bits per heavy atom. The molecule has 0 bridgehead atoms. The second-order valence-corrected chi connectivity index (χ2v) is 4.21. The summed E-state index contributed by atoms with van der Waals surface area (Å²) >= 11 is 0. The van der Waals surface area contributed by atoms with Gasteiger partial charge >= 0.3 is 0 Å². The molecule has 1 aromatic carbocycles. The molecule has 18 heavy (non-hydrogen) atoms. The van der Waals surface area contributed by atoms with Gasteiger partial charge in [0.2, 0.25) is 5.78 Å². The highest BCUT2D eigenvalue weighted by Crippen LogP contribution is 2.27. The maximum absolute atomic E-state index is 12.1. The maximum atomic E-state index is 12.1. The van der Waals surface area contributed by atoms with Gasteiger partial charge in [-0.15, -0.1) is 0 Å². The number of rotatable bonds is 2. The molecule has 0 unspecified atom stereocenters. The van der Waals surface area contributed by atoms with Crippen molar-refractivity contribution in [3.63, 3.8) is 0 Å². The van der Waals surface area contributed by atoms with Gasteiger partial charge in [0.25, 0.3) is 5.79 Å². The fourth-order valence-corrected chi connectivity index (χ4v) is 1.83. The predicted molar refractivity (Wildman–Crippen MR) is 59.7 cm³/mol. The van der Waals surface area contributed by atoms with Crippen molar-refractivity contribution in [3.8, 4) is 0 Å². The minimum absolute atomic E-state index is 0.141. The van der Waals surface area contributed by atoms with E-state index in [0.717, 1.165) is 0 Å². The van der Waals surface area contributed by atoms with Crippen LogP contribution in [0.2, 0.25) is 0 Å². The fourth-order valence-electron chi connectivity index (χ4n) is 1.83. The molecule has 1 aliphatic rings. The summed E-state index contributed by atoms with van der Waals surface area (Å²) in [5.74, 6) is -3.40. The number of aliphatic hydroxyl groups excluding tert-OH is 3. The lowest BCUT2D eigenvalue weighted by Gasteiger charge is -2.40. The lowest BCUT2D eigenvalue weighted by molar-refractivity contribution is -0.292. The molecular weight excluding hydrogens is 240 g/mol. The minimum atomic E-state index is -2.54. The van der Waals surface area contributed by atoms with Gasteiger partial charge in [0.05, 0.1) is 6.61 Å². The van der Waals surface area contributed by atoms with Gasteiger partial charge in [-0.3, -0.25) is 4.79 Å². The van der Waals surface area contributed by atoms with E-state index in [1.807, 2.05) is 0 Å². The first-order valence-corrected chi connectivity index (χ1v) is 5.47. The smallest absolute Gasteiger partial charge is 0.260 e. The summed E-state index contributed by atoms with van der Waals surface area (Å²) in [6.07, 6.45) is -4.89. The molecule has 0 aromatic heterocycles. The Morgan fingerprint density at radius 3 is 2.44 bits per heavy atom. The number of aliphatic hydroxyl groups is 4. The molecule has 4 atom stereocenters. The number of hydrogen-bond acceptors (Lipinski definition) is 6. The van der Waals surface area contributed by atoms with Gasteiger partial charge in [0.1, 0.15) is 18.3 Å². The normalized spacial score (nSPS) is 36.3. The van der Waals surface area contributed by atoms with Crippen LogP contribution < -0.4 is 0 Å². The van der Waals surface area contributed by atoms with Crippen LogP contribution in [-0.2, 0) is 4.74 Å². The summed E-state index contributed by atoms with van der Waals surface area (Å²) in [5, 5.41) is 38.5. The van der Waals surface area contributed by atoms with E-state index in [1.165, 1.54) is 12.1 Å². The van der Waals surface area contributed by atoms with E-state index in [1.54, 1.807) is 18.2 Å². The third-order valence-electron chi connectivity index (χ3n) is 2.95. The van der Waals surface area contributed by atoms with Crippen LogP contribution >= 0.6 is 0 Å². The van der Waals surface area contributed by atoms with Crippen molar-refractivity contribution < 1.29 is 30.0 Å². The van der Waals surface area contributed by atoms with Gasteiger partial charge in [0, 0.05) is 5.56 Å². The zero-order valence-electron chi connectivity index (χ0n) is 9.43. The van der Waals surface area contributed by atoms with Crippen molar-refractivity contribution in [1.82, 2.24) is 0 Å². The van der Waals surface area contributed by atoms with Gasteiger partial charge in [-0.2, -0.15) is 0 Å². The zero-order valence-corrected chi connectivity index (χ0v) is 9.43. The van der Waals surface area contributed by atoms with E-state index < -0.39 is 36.5 Å². The summed E-state index contributed by atoms with van der Waals surface area (Å²) in [6, 6.07) is 7.79. The quantitative estimate of drug-likeness (QED) is 0.487. The first-order chi connectivity index (χ1) is 8.47. The summed E-state index contributed by atoms with van der Waals surface area (Å²) in [6.45, 7) is -0.437. The molecule has 0 amide bonds. The van der Waals surface area contributed by atoms with E-state index in [2.05, 4.69) is 0 Å². The molecule has 1 fully saturated rings. The third kappa shape index (κ3) is 2.05. The molecule has 1 aliphatic heterocycles. The van der Waals surface area contributed by atoms with Crippen molar-refractivity contribution in [3.05, 3.63) is 35.9 Å². The van der Waals surface area contributed by atoms with Crippen molar-refractivity contribution in [2.45, 2.75) is 24.1 Å². The summed E-state index contributed by atoms with van der Waals surface area (Å²) in [5.41, 5.74) is 0.141. The lowest BCUT2D eigenvalue weighted by Crippen LogP contribution is -2.64. The van der Waals surface area contributed by atoms with Crippen LogP contribution in [-0.4, -0.2) is 56.9 Å². The molecule has 0 saturated carbocycles. The van der Waals surface area contributed by atoms with E-state index in [0.29, 0.717) is 0 Å². The number of benzene rings is 1. The number of ketones is 1. The summed E-state index contributed by atoms with van der Waals surface area (Å²) in [7, 11) is 0. The number of ether oxygens (including phenoxy) is 1. The van der Waals surface area contributed by atoms with Crippen LogP contribution in [0.3, 0.4) is 0 Å². The van der Waals surface area contributed by atoms with Crippen LogP contribution in [0.1, 0.15) is 10.4 Å². The first-order valence-electron chi connectivity index (χ1n) is 5.47. The molecule has 0 radical (unpaired) electrons. The molecule has 6 heteroatoms. The third-order valence-corrected chi connectivity index (χ3v) is 2.95. The molecule has 6 nitrogen and oxygen atoms in total. The molecule has 4 N–H and O–H groups in total. The molecule has 1 saturated heterocycles. The summed E-state index contributed by atoms with van der Waals surface area (Å²) in [4.78, 5) is 12.1. The predicted octanol–water partition coefficient (Wildman–Crippen LogP) is -1.33. The largest absolute Gasteiger partial charge is 0.388 e. The van der Waals surface area contributed by atoms with Gasteiger partial charge < -0.3 is 25.2 Å². The first kappa shape index (κ1) is 13.1. The van der Waals surface area contributed by atoms with E-state index in [9.17, 15) is 25.2 Å². The Hall–Kier alpha value is -1.31. The van der Waals surface area contributed by atoms with Crippen molar-refractivity contribution >= 4 is 5.78 Å². The molecule has 1 heterocycles. The van der Waals surface area contributed by atoms with E-state index in [4.69, 9.17) is 4.74 Å². The highest BCUT2D eigenvalue weighted by Gasteiger charge is 2.53. The van der Waals surface area contributed by atoms with E-state index >= 15 is 0 Å². The van der Waals surface area contributed by atoms with Crippen LogP contribution in [0.4, 0.5) is 0 Å². The molecule has 1 aromatic rings. The Morgan fingerprint density at radius 1 is 1.22 bits per heavy atom. The number of hydrogen-bond donors (Lipinski definition) is 4. The monoisotopic (exact) mass is 254 g/mol. The summed E-state index contributed by atoms with van der Waals surface area (Å²) < 4.78 is 4.82. The van der Waals surface area contributed by atoms with Gasteiger partial charge in [-0.25, -0.2) is 0 Å². The van der Waals surface area contributed by atoms with Crippen LogP contribution in [0, 0.1) is 0 Å². The van der Waals surface area contributed by atoms with Gasteiger partial charge in [-0.1, -0.05) is 30.3 Å². The second-order valence-electron chi connectivity index (χ2n) is 4.21. The Labute approximate surface area is 103 Å². The van der Waals surface area contributed by atoms with E-state index in [-0.39, 0.29) is 5.56 Å². The van der Waals surface area contributed by atoms with Crippen molar-refractivity contribution in [2.24, 2.45) is 0 Å². The zero-order chi connectivity index (χ0) is 13.3. The molecule has 98 valence electrons. The van der Waals surface area contributed by atoms with Crippen molar-refractivity contribution in [2.75, 3.05) is 6.61 Å². The molecule has 0 aliphatic carbocycles. The lowest BCUT2D eigenvalue weighted by atomic mass is 9.90. The van der Waals surface area contributed by atoms with Crippen LogP contribution in [0.15, 0.2) is 30.3 Å². The van der Waals surface area contributed by atoms with Crippen molar-refractivity contribution in [1.29, 1.82) is 0 Å². The SMILES string of the molecule is O=C(c1ccccc1)[C@]1(O)OC[C@@H](O)[C@@H](O)[C@@H]1O. The van der Waals surface area contributed by atoms with Crippen LogP contribution in [0.25, 0.3) is 0 Å². The molecule has 2 rings (SSSR count). The second kappa shape index (κ2) is 4.75. The topological polar surface area (TPSA) is 107 Å². The highest BCUT2D eigenvalue weighted by atomic mass is 16.7. The molecular formula is C12H14O6. The fraction of sp³-hybridized carbons (Fsp3) is 0.417. The minimum Gasteiger partial charge on any atom is -0.388 e. The Bertz CT molecular complexity index is 433. The van der Waals surface area contributed by atoms with Gasteiger partial charge in [0.15, 0.2) is 0 Å². The average Bonchev–Trinajstić information content (AvgIpc) is 2.41. The number of carbonyl (C=O) groups is 1. The van der Waals surface area contributed by atoms with Gasteiger partial charge in [-0.05, 0) is 0 Å². The number of Topliss-reactive ketones (excluding diaryl/α,β-unsaturated/α-hetero) is 1. The number of carbonyl (C=O) groups excluding carboxylic acids is 1. The Kier molecular flexibility index (Phi) is 3.47. The highest BCUT2D eigenvalue weighted by molar-refractivity contribution is 6.01. The van der Waals surface area contributed by atoms with Crippen LogP contribution in [0.5, 0.6) is 0 Å². The standard InChI is InChI=1S/C12H14O6/c13-8-6-18-12(17,11(16)9(8)14)10(15)7-4-2-1-3-5-7/h1-5,8-9,11,13-14,16-17H,6H2/t8-,9-,11+,12+/m1/s1. The maximum Gasteiger partial charge on any atom is 0.260 e. The Balaban J connectivity index is 2.29. The average molecular weight is 254 g/mol.